The number of halogens is 1. The Labute approximate surface area is 152 Å². The number of furan rings is 1. The maximum Gasteiger partial charge on any atom is 0.234 e. The van der Waals surface area contributed by atoms with Crippen molar-refractivity contribution in [3.05, 3.63) is 41.6 Å². The smallest absolute Gasteiger partial charge is 0.234 e. The maximum atomic E-state index is 12.0. The molecular formula is C17H22ClN5O2. The van der Waals surface area contributed by atoms with E-state index in [1.54, 1.807) is 18.7 Å². The van der Waals surface area contributed by atoms with E-state index in [9.17, 15) is 4.79 Å². The Kier molecular flexibility index (Phi) is 5.88. The van der Waals surface area contributed by atoms with Crippen LogP contribution in [0.2, 0.25) is 5.02 Å². The highest BCUT2D eigenvalue weighted by Gasteiger charge is 2.24. The molecule has 1 N–H and O–H groups in total. The summed E-state index contributed by atoms with van der Waals surface area (Å²) in [6.45, 7) is 2.58. The monoisotopic (exact) mass is 363 g/mol. The highest BCUT2D eigenvalue weighted by atomic mass is 35.5. The number of carbonyl (C=O) groups excluding carboxylic acids is 1. The molecule has 1 amide bonds. The van der Waals surface area contributed by atoms with Gasteiger partial charge in [-0.05, 0) is 25.0 Å². The van der Waals surface area contributed by atoms with Crippen molar-refractivity contribution in [1.82, 2.24) is 20.2 Å². The summed E-state index contributed by atoms with van der Waals surface area (Å²) < 4.78 is 5.21. The summed E-state index contributed by atoms with van der Waals surface area (Å²) in [5, 5.41) is 3.41. The van der Waals surface area contributed by atoms with Crippen LogP contribution in [0.4, 0.5) is 5.95 Å². The fourth-order valence-electron chi connectivity index (χ4n) is 2.97. The molecule has 8 heteroatoms. The SMILES string of the molecule is CN(c1ncc(Cl)cn1)C1CCN(CC(=O)NCc2ccco2)CC1. The first kappa shape index (κ1) is 17.7. The first-order valence-corrected chi connectivity index (χ1v) is 8.71. The van der Waals surface area contributed by atoms with E-state index < -0.39 is 0 Å². The number of hydrogen-bond donors (Lipinski definition) is 1. The van der Waals surface area contributed by atoms with E-state index in [-0.39, 0.29) is 5.91 Å². The van der Waals surface area contributed by atoms with Crippen molar-refractivity contribution in [2.24, 2.45) is 0 Å². The number of hydrogen-bond acceptors (Lipinski definition) is 6. The zero-order valence-electron chi connectivity index (χ0n) is 14.2. The fourth-order valence-corrected chi connectivity index (χ4v) is 3.07. The molecule has 0 aliphatic carbocycles. The molecule has 0 saturated carbocycles. The van der Waals surface area contributed by atoms with Crippen molar-refractivity contribution in [3.63, 3.8) is 0 Å². The van der Waals surface area contributed by atoms with E-state index >= 15 is 0 Å². The second-order valence-corrected chi connectivity index (χ2v) is 6.61. The highest BCUT2D eigenvalue weighted by molar-refractivity contribution is 6.30. The summed E-state index contributed by atoms with van der Waals surface area (Å²) >= 11 is 5.83. The van der Waals surface area contributed by atoms with E-state index in [1.807, 2.05) is 19.2 Å². The van der Waals surface area contributed by atoms with Gasteiger partial charge in [0.1, 0.15) is 5.76 Å². The second kappa shape index (κ2) is 8.31. The minimum atomic E-state index is 0.0178. The molecule has 25 heavy (non-hydrogen) atoms. The molecule has 134 valence electrons. The van der Waals surface area contributed by atoms with Crippen molar-refractivity contribution in [2.45, 2.75) is 25.4 Å². The minimum absolute atomic E-state index is 0.0178. The molecule has 3 heterocycles. The minimum Gasteiger partial charge on any atom is -0.467 e. The first-order chi connectivity index (χ1) is 12.1. The highest BCUT2D eigenvalue weighted by Crippen LogP contribution is 2.19. The molecule has 1 fully saturated rings. The first-order valence-electron chi connectivity index (χ1n) is 8.33. The molecule has 2 aromatic rings. The Morgan fingerprint density at radius 1 is 1.40 bits per heavy atom. The zero-order valence-corrected chi connectivity index (χ0v) is 14.9. The Bertz CT molecular complexity index is 669. The summed E-state index contributed by atoms with van der Waals surface area (Å²) in [6, 6.07) is 4.02. The molecule has 0 unspecified atom stereocenters. The van der Waals surface area contributed by atoms with E-state index in [0.717, 1.165) is 31.7 Å². The molecule has 0 spiro atoms. The summed E-state index contributed by atoms with van der Waals surface area (Å²) in [4.78, 5) is 24.8. The van der Waals surface area contributed by atoms with E-state index in [0.29, 0.717) is 30.1 Å². The van der Waals surface area contributed by atoms with Gasteiger partial charge in [0.05, 0.1) is 36.8 Å². The van der Waals surface area contributed by atoms with E-state index in [4.69, 9.17) is 16.0 Å². The van der Waals surface area contributed by atoms with Crippen LogP contribution in [0.25, 0.3) is 0 Å². The number of nitrogens with one attached hydrogen (secondary N) is 1. The van der Waals surface area contributed by atoms with Gasteiger partial charge in [-0.1, -0.05) is 11.6 Å². The van der Waals surface area contributed by atoms with Crippen LogP contribution >= 0.6 is 11.6 Å². The molecule has 1 saturated heterocycles. The molecule has 7 nitrogen and oxygen atoms in total. The van der Waals surface area contributed by atoms with Gasteiger partial charge in [0.25, 0.3) is 0 Å². The Hall–Kier alpha value is -2.12. The topological polar surface area (TPSA) is 74.5 Å². The Morgan fingerprint density at radius 2 is 2.12 bits per heavy atom. The second-order valence-electron chi connectivity index (χ2n) is 6.18. The average Bonchev–Trinajstić information content (AvgIpc) is 3.14. The van der Waals surface area contributed by atoms with Gasteiger partial charge in [-0.25, -0.2) is 9.97 Å². The van der Waals surface area contributed by atoms with Crippen molar-refractivity contribution in [2.75, 3.05) is 31.6 Å². The molecule has 1 aliphatic rings. The standard InChI is InChI=1S/C17H22ClN5O2/c1-22(17-20-9-13(18)10-21-17)14-4-6-23(7-5-14)12-16(24)19-11-15-3-2-8-25-15/h2-3,8-10,14H,4-7,11-12H2,1H3,(H,19,24). The largest absolute Gasteiger partial charge is 0.467 e. The van der Waals surface area contributed by atoms with E-state index in [1.165, 1.54) is 0 Å². The third kappa shape index (κ3) is 4.93. The summed E-state index contributed by atoms with van der Waals surface area (Å²) in [6.07, 6.45) is 6.76. The fraction of sp³-hybridized carbons (Fsp3) is 0.471. The third-order valence-electron chi connectivity index (χ3n) is 4.43. The lowest BCUT2D eigenvalue weighted by Gasteiger charge is -2.36. The number of nitrogens with zero attached hydrogens (tertiary/aromatic N) is 4. The number of aromatic nitrogens is 2. The van der Waals surface area contributed by atoms with Crippen LogP contribution in [0.5, 0.6) is 0 Å². The van der Waals surface area contributed by atoms with Gasteiger partial charge in [0.15, 0.2) is 0 Å². The zero-order chi connectivity index (χ0) is 17.6. The number of rotatable bonds is 6. The summed E-state index contributed by atoms with van der Waals surface area (Å²) in [5.41, 5.74) is 0. The molecule has 0 radical (unpaired) electrons. The summed E-state index contributed by atoms with van der Waals surface area (Å²) in [7, 11) is 2.00. The van der Waals surface area contributed by atoms with Gasteiger partial charge in [-0.3, -0.25) is 9.69 Å². The van der Waals surface area contributed by atoms with Crippen LogP contribution in [-0.4, -0.2) is 53.5 Å². The van der Waals surface area contributed by atoms with Gasteiger partial charge in [0.2, 0.25) is 11.9 Å². The molecule has 1 aliphatic heterocycles. The van der Waals surface area contributed by atoms with Crippen molar-refractivity contribution < 1.29 is 9.21 Å². The van der Waals surface area contributed by atoms with Crippen LogP contribution in [-0.2, 0) is 11.3 Å². The van der Waals surface area contributed by atoms with Gasteiger partial charge in [-0.2, -0.15) is 0 Å². The number of likely N-dealkylation sites (tertiary alicyclic amines) is 1. The van der Waals surface area contributed by atoms with Crippen LogP contribution in [0.1, 0.15) is 18.6 Å². The van der Waals surface area contributed by atoms with Gasteiger partial charge in [-0.15, -0.1) is 0 Å². The summed E-state index contributed by atoms with van der Waals surface area (Å²) in [5.74, 6) is 1.46. The molecule has 2 aromatic heterocycles. The lowest BCUT2D eigenvalue weighted by Crippen LogP contribution is -2.46. The quantitative estimate of drug-likeness (QED) is 0.845. The normalized spacial score (nSPS) is 15.9. The Morgan fingerprint density at radius 3 is 2.76 bits per heavy atom. The van der Waals surface area contributed by atoms with Crippen molar-refractivity contribution >= 4 is 23.5 Å². The number of amides is 1. The molecule has 0 aromatic carbocycles. The van der Waals surface area contributed by atoms with E-state index in [2.05, 4.69) is 25.1 Å². The number of piperidine rings is 1. The van der Waals surface area contributed by atoms with Crippen molar-refractivity contribution in [3.8, 4) is 0 Å². The number of anilines is 1. The van der Waals surface area contributed by atoms with Gasteiger partial charge in [0, 0.05) is 26.2 Å². The lowest BCUT2D eigenvalue weighted by molar-refractivity contribution is -0.122. The third-order valence-corrected chi connectivity index (χ3v) is 4.63. The number of carbonyl (C=O) groups is 1. The van der Waals surface area contributed by atoms with Gasteiger partial charge < -0.3 is 14.6 Å². The van der Waals surface area contributed by atoms with Gasteiger partial charge >= 0.3 is 0 Å². The average molecular weight is 364 g/mol. The Balaban J connectivity index is 1.42. The predicted octanol–water partition coefficient (Wildman–Crippen LogP) is 1.94. The predicted molar refractivity (Wildman–Crippen MR) is 95.5 cm³/mol. The maximum absolute atomic E-state index is 12.0. The molecule has 0 atom stereocenters. The molecule has 0 bridgehead atoms. The van der Waals surface area contributed by atoms with Crippen LogP contribution in [0.3, 0.4) is 0 Å². The van der Waals surface area contributed by atoms with Crippen molar-refractivity contribution in [1.29, 1.82) is 0 Å². The van der Waals surface area contributed by atoms with Crippen LogP contribution < -0.4 is 10.2 Å². The molecular weight excluding hydrogens is 342 g/mol. The molecule has 3 rings (SSSR count). The van der Waals surface area contributed by atoms with Crippen LogP contribution in [0, 0.1) is 0 Å². The van der Waals surface area contributed by atoms with Crippen LogP contribution in [0.15, 0.2) is 35.2 Å². The lowest BCUT2D eigenvalue weighted by atomic mass is 10.0.